The van der Waals surface area contributed by atoms with Crippen LogP contribution in [0.5, 0.6) is 0 Å². The van der Waals surface area contributed by atoms with Gasteiger partial charge in [-0.15, -0.1) is 0 Å². The summed E-state index contributed by atoms with van der Waals surface area (Å²) in [4.78, 5) is 13.2. The van der Waals surface area contributed by atoms with Crippen LogP contribution in [-0.4, -0.2) is 110 Å². The fourth-order valence-corrected chi connectivity index (χ4v) is 11.1. The Morgan fingerprint density at radius 2 is 0.750 bits per heavy atom. The Balaban J connectivity index is 2.24. The van der Waals surface area contributed by atoms with Crippen molar-refractivity contribution in [1.29, 1.82) is 0 Å². The second-order valence-electron chi connectivity index (χ2n) is 24.2. The molecule has 0 aromatic heterocycles. The molecule has 1 saturated heterocycles. The summed E-state index contributed by atoms with van der Waals surface area (Å²) in [6.07, 6.45) is 62.3. The van der Waals surface area contributed by atoms with Crippen molar-refractivity contribution in [2.45, 2.75) is 384 Å². The van der Waals surface area contributed by atoms with Crippen molar-refractivity contribution in [1.82, 2.24) is 5.32 Å². The molecule has 0 spiro atoms. The number of hydrogen-bond acceptors (Lipinski definition) is 10. The molecule has 1 aliphatic rings. The van der Waals surface area contributed by atoms with Gasteiger partial charge in [0.05, 0.1) is 25.4 Å². The zero-order chi connectivity index (χ0) is 58.2. The third-order valence-electron chi connectivity index (χ3n) is 16.6. The Labute approximate surface area is 492 Å². The number of amides is 1. The lowest BCUT2D eigenvalue weighted by Gasteiger charge is -2.40. The summed E-state index contributed by atoms with van der Waals surface area (Å²) in [7, 11) is 0. The Morgan fingerprint density at radius 1 is 0.425 bits per heavy atom. The van der Waals surface area contributed by atoms with E-state index in [2.05, 4.69) is 55.6 Å². The number of carbonyl (C=O) groups is 1. The van der Waals surface area contributed by atoms with Crippen molar-refractivity contribution < 1.29 is 50.0 Å². The highest BCUT2D eigenvalue weighted by atomic mass is 16.7. The lowest BCUT2D eigenvalue weighted by molar-refractivity contribution is -0.303. The van der Waals surface area contributed by atoms with Gasteiger partial charge in [0.2, 0.25) is 5.91 Å². The first-order valence-electron chi connectivity index (χ1n) is 34.4. The lowest BCUT2D eigenvalue weighted by atomic mass is 9.98. The molecule has 11 heteroatoms. The molecule has 472 valence electrons. The Bertz CT molecular complexity index is 1390. The Hall–Kier alpha value is -1.67. The number of hydrogen-bond donors (Lipinski definition) is 8. The standard InChI is InChI=1S/C69H131NO10/c1-3-5-7-9-11-13-15-17-19-21-23-25-27-29-30-31-32-33-35-37-39-41-43-45-47-49-51-53-55-57-62(73)68(78)70-60(59-79-69-67(77)66(76)65(75)63(58-71)80-69)64(74)61(72)56-54-52-50-48-46-44-42-40-38-36-34-28-26-24-22-20-18-16-14-12-10-8-6-4-2/h29-30,40,42,48,50,60-67,69,71-77H,3-28,31-39,41,43-47,49,51-59H2,1-2H3,(H,70,78)/b30-29-,42-40+,50-48+. The maximum atomic E-state index is 13.2. The third-order valence-corrected chi connectivity index (χ3v) is 16.6. The molecule has 0 aromatic rings. The fourth-order valence-electron chi connectivity index (χ4n) is 11.1. The number of rotatable bonds is 60. The van der Waals surface area contributed by atoms with Gasteiger partial charge in [-0.2, -0.15) is 0 Å². The van der Waals surface area contributed by atoms with Crippen molar-refractivity contribution >= 4 is 5.91 Å². The van der Waals surface area contributed by atoms with Gasteiger partial charge in [-0.1, -0.05) is 288 Å². The number of allylic oxidation sites excluding steroid dienone is 6. The largest absolute Gasteiger partial charge is 0.394 e. The summed E-state index contributed by atoms with van der Waals surface area (Å²) < 4.78 is 11.2. The molecular formula is C69H131NO10. The smallest absolute Gasteiger partial charge is 0.249 e. The van der Waals surface area contributed by atoms with E-state index in [1.807, 2.05) is 0 Å². The molecule has 1 amide bonds. The van der Waals surface area contributed by atoms with Crippen molar-refractivity contribution in [2.75, 3.05) is 13.2 Å². The highest BCUT2D eigenvalue weighted by Gasteiger charge is 2.44. The molecule has 0 aromatic carbocycles. The average molecular weight is 1130 g/mol. The highest BCUT2D eigenvalue weighted by molar-refractivity contribution is 5.80. The summed E-state index contributed by atoms with van der Waals surface area (Å²) in [6, 6.07) is -1.19. The molecule has 0 aliphatic carbocycles. The van der Waals surface area contributed by atoms with E-state index in [-0.39, 0.29) is 12.8 Å². The minimum Gasteiger partial charge on any atom is -0.394 e. The fraction of sp³-hybridized carbons (Fsp3) is 0.899. The van der Waals surface area contributed by atoms with Gasteiger partial charge in [0.25, 0.3) is 0 Å². The van der Waals surface area contributed by atoms with Crippen LogP contribution >= 0.6 is 0 Å². The highest BCUT2D eigenvalue weighted by Crippen LogP contribution is 2.24. The van der Waals surface area contributed by atoms with Gasteiger partial charge in [-0.05, 0) is 77.0 Å². The molecular weight excluding hydrogens is 1000 g/mol. The topological polar surface area (TPSA) is 189 Å². The number of aliphatic hydroxyl groups excluding tert-OH is 7. The van der Waals surface area contributed by atoms with Gasteiger partial charge in [0, 0.05) is 0 Å². The minimum absolute atomic E-state index is 0.247. The molecule has 11 nitrogen and oxygen atoms in total. The molecule has 80 heavy (non-hydrogen) atoms. The van der Waals surface area contributed by atoms with Crippen LogP contribution in [0.3, 0.4) is 0 Å². The van der Waals surface area contributed by atoms with E-state index in [9.17, 15) is 40.5 Å². The summed E-state index contributed by atoms with van der Waals surface area (Å²) >= 11 is 0. The summed E-state index contributed by atoms with van der Waals surface area (Å²) in [5, 5.41) is 76.4. The van der Waals surface area contributed by atoms with E-state index in [0.717, 1.165) is 38.5 Å². The molecule has 9 atom stereocenters. The monoisotopic (exact) mass is 1130 g/mol. The first-order valence-corrected chi connectivity index (χ1v) is 34.4. The molecule has 0 bridgehead atoms. The summed E-state index contributed by atoms with van der Waals surface area (Å²) in [5.41, 5.74) is 0. The molecule has 1 fully saturated rings. The van der Waals surface area contributed by atoms with E-state index in [4.69, 9.17) is 9.47 Å². The number of unbranched alkanes of at least 4 members (excludes halogenated alkanes) is 42. The van der Waals surface area contributed by atoms with Crippen LogP contribution in [0.2, 0.25) is 0 Å². The van der Waals surface area contributed by atoms with Crippen molar-refractivity contribution in [3.63, 3.8) is 0 Å². The number of nitrogens with one attached hydrogen (secondary N) is 1. The quantitative estimate of drug-likeness (QED) is 0.0215. The Morgan fingerprint density at radius 3 is 1.11 bits per heavy atom. The molecule has 1 aliphatic heterocycles. The number of aliphatic hydroxyl groups is 7. The van der Waals surface area contributed by atoms with E-state index in [1.54, 1.807) is 0 Å². The van der Waals surface area contributed by atoms with Crippen molar-refractivity contribution in [3.05, 3.63) is 36.5 Å². The molecule has 8 N–H and O–H groups in total. The van der Waals surface area contributed by atoms with Gasteiger partial charge >= 0.3 is 0 Å². The summed E-state index contributed by atoms with van der Waals surface area (Å²) in [5.74, 6) is -0.706. The van der Waals surface area contributed by atoms with E-state index in [1.165, 1.54) is 244 Å². The lowest BCUT2D eigenvalue weighted by Crippen LogP contribution is -2.60. The zero-order valence-electron chi connectivity index (χ0n) is 52.1. The van der Waals surface area contributed by atoms with Crippen LogP contribution < -0.4 is 5.32 Å². The second-order valence-corrected chi connectivity index (χ2v) is 24.2. The second kappa shape index (κ2) is 57.7. The van der Waals surface area contributed by atoms with Crippen LogP contribution in [0.1, 0.15) is 328 Å². The molecule has 1 rings (SSSR count). The number of ether oxygens (including phenoxy) is 2. The zero-order valence-corrected chi connectivity index (χ0v) is 52.1. The maximum absolute atomic E-state index is 13.2. The molecule has 0 saturated carbocycles. The number of carbonyl (C=O) groups excluding carboxylic acids is 1. The maximum Gasteiger partial charge on any atom is 0.249 e. The average Bonchev–Trinajstić information content (AvgIpc) is 3.47. The van der Waals surface area contributed by atoms with Crippen LogP contribution in [0.15, 0.2) is 36.5 Å². The molecule has 9 unspecified atom stereocenters. The first kappa shape index (κ1) is 76.3. The molecule has 1 heterocycles. The summed E-state index contributed by atoms with van der Waals surface area (Å²) in [6.45, 7) is 3.49. The predicted octanol–water partition coefficient (Wildman–Crippen LogP) is 16.2. The van der Waals surface area contributed by atoms with E-state index in [0.29, 0.717) is 19.3 Å². The van der Waals surface area contributed by atoms with Gasteiger partial charge in [0.15, 0.2) is 6.29 Å². The van der Waals surface area contributed by atoms with Gasteiger partial charge in [0.1, 0.15) is 36.6 Å². The SMILES string of the molecule is CCCCCCCCCCCCCC/C=C\CCCCCCCCCCCCCCCC(O)C(=O)NC(COC1OC(CO)C(O)C(O)C1O)C(O)C(O)CCC/C=C/CC/C=C/CCCCCCCCCCCCCCCCC. The van der Waals surface area contributed by atoms with Gasteiger partial charge in [-0.25, -0.2) is 0 Å². The predicted molar refractivity (Wildman–Crippen MR) is 335 cm³/mol. The van der Waals surface area contributed by atoms with Gasteiger partial charge in [-0.3, -0.25) is 4.79 Å². The molecule has 0 radical (unpaired) electrons. The van der Waals surface area contributed by atoms with Crippen LogP contribution in [0.4, 0.5) is 0 Å². The minimum atomic E-state index is -1.67. The third kappa shape index (κ3) is 44.8. The van der Waals surface area contributed by atoms with Crippen molar-refractivity contribution in [2.24, 2.45) is 0 Å². The van der Waals surface area contributed by atoms with Crippen LogP contribution in [0.25, 0.3) is 0 Å². The normalized spacial score (nSPS) is 19.4. The van der Waals surface area contributed by atoms with Gasteiger partial charge < -0.3 is 50.5 Å². The van der Waals surface area contributed by atoms with Crippen LogP contribution in [0, 0.1) is 0 Å². The van der Waals surface area contributed by atoms with E-state index < -0.39 is 74.2 Å². The van der Waals surface area contributed by atoms with Crippen LogP contribution in [-0.2, 0) is 14.3 Å². The Kier molecular flexibility index (Phi) is 55.1. The van der Waals surface area contributed by atoms with E-state index >= 15 is 0 Å². The first-order chi connectivity index (χ1) is 39.2. The van der Waals surface area contributed by atoms with Crippen molar-refractivity contribution in [3.8, 4) is 0 Å².